The van der Waals surface area contributed by atoms with Crippen LogP contribution in [0.15, 0.2) is 88.9 Å². The lowest BCUT2D eigenvalue weighted by Crippen LogP contribution is -2.39. The van der Waals surface area contributed by atoms with Crippen molar-refractivity contribution in [2.24, 2.45) is 5.10 Å². The normalized spacial score (nSPS) is 11.1. The second-order valence-corrected chi connectivity index (χ2v) is 8.84. The van der Waals surface area contributed by atoms with Crippen LogP contribution in [-0.2, 0) is 19.6 Å². The van der Waals surface area contributed by atoms with Gasteiger partial charge in [0, 0.05) is 6.92 Å². The number of methoxy groups -OCH3 is 1. The summed E-state index contributed by atoms with van der Waals surface area (Å²) in [5, 5.41) is 3.89. The van der Waals surface area contributed by atoms with Crippen molar-refractivity contribution in [2.75, 3.05) is 18.0 Å². The van der Waals surface area contributed by atoms with Crippen molar-refractivity contribution >= 4 is 33.8 Å². The third-order valence-electron chi connectivity index (χ3n) is 4.52. The van der Waals surface area contributed by atoms with Crippen LogP contribution >= 0.6 is 0 Å². The lowest BCUT2D eigenvalue weighted by molar-refractivity contribution is -0.131. The van der Waals surface area contributed by atoms with Gasteiger partial charge in [-0.2, -0.15) is 5.10 Å². The van der Waals surface area contributed by atoms with E-state index in [9.17, 15) is 18.0 Å². The van der Waals surface area contributed by atoms with Crippen LogP contribution in [0.2, 0.25) is 0 Å². The summed E-state index contributed by atoms with van der Waals surface area (Å²) in [6, 6.07) is 20.7. The van der Waals surface area contributed by atoms with E-state index in [1.54, 1.807) is 54.6 Å². The number of nitrogens with one attached hydrogen (secondary N) is 1. The Labute approximate surface area is 197 Å². The largest absolute Gasteiger partial charge is 0.497 e. The van der Waals surface area contributed by atoms with Gasteiger partial charge in [0.15, 0.2) is 0 Å². The highest BCUT2D eigenvalue weighted by Gasteiger charge is 2.27. The third-order valence-corrected chi connectivity index (χ3v) is 6.31. The lowest BCUT2D eigenvalue weighted by atomic mass is 10.2. The quantitative estimate of drug-likeness (QED) is 0.218. The minimum Gasteiger partial charge on any atom is -0.497 e. The summed E-state index contributed by atoms with van der Waals surface area (Å²) in [6.07, 6.45) is 1.39. The standard InChI is InChI=1S/C24H23N3O6S/c1-18(28)33-22-10-8-19(9-11-22)16-25-26-24(29)17-27(20-6-4-3-5-7-20)34(30,31)23-14-12-21(32-2)13-15-23/h3-16H,17H2,1-2H3,(H,26,29)/b25-16-. The molecule has 1 amide bonds. The van der Waals surface area contributed by atoms with Crippen LogP contribution in [0, 0.1) is 0 Å². The fraction of sp³-hybridized carbons (Fsp3) is 0.125. The molecule has 3 aromatic rings. The van der Waals surface area contributed by atoms with Gasteiger partial charge in [-0.1, -0.05) is 18.2 Å². The van der Waals surface area contributed by atoms with Gasteiger partial charge in [-0.3, -0.25) is 13.9 Å². The van der Waals surface area contributed by atoms with Crippen molar-refractivity contribution in [3.63, 3.8) is 0 Å². The number of ether oxygens (including phenoxy) is 2. The third kappa shape index (κ3) is 6.42. The molecule has 9 nitrogen and oxygen atoms in total. The fourth-order valence-electron chi connectivity index (χ4n) is 2.92. The van der Waals surface area contributed by atoms with Crippen LogP contribution in [0.25, 0.3) is 0 Å². The van der Waals surface area contributed by atoms with Crippen LogP contribution < -0.4 is 19.2 Å². The van der Waals surface area contributed by atoms with Crippen LogP contribution in [0.3, 0.4) is 0 Å². The number of rotatable bonds is 9. The molecule has 0 aliphatic carbocycles. The number of hydrogen-bond acceptors (Lipinski definition) is 7. The second-order valence-electron chi connectivity index (χ2n) is 6.98. The molecule has 176 valence electrons. The van der Waals surface area contributed by atoms with Gasteiger partial charge >= 0.3 is 5.97 Å². The maximum Gasteiger partial charge on any atom is 0.308 e. The monoisotopic (exact) mass is 481 g/mol. The zero-order valence-electron chi connectivity index (χ0n) is 18.5. The maximum absolute atomic E-state index is 13.3. The van der Waals surface area contributed by atoms with Crippen molar-refractivity contribution < 1.29 is 27.5 Å². The Bertz CT molecular complexity index is 1260. The van der Waals surface area contributed by atoms with E-state index in [4.69, 9.17) is 9.47 Å². The summed E-state index contributed by atoms with van der Waals surface area (Å²) in [5.74, 6) is -0.163. The van der Waals surface area contributed by atoms with E-state index in [2.05, 4.69) is 10.5 Å². The van der Waals surface area contributed by atoms with Crippen molar-refractivity contribution in [3.05, 3.63) is 84.4 Å². The van der Waals surface area contributed by atoms with Crippen molar-refractivity contribution in [1.82, 2.24) is 5.43 Å². The number of carbonyl (C=O) groups excluding carboxylic acids is 2. The molecule has 3 rings (SSSR count). The number of benzene rings is 3. The molecule has 0 aliphatic rings. The number of amides is 1. The number of sulfonamides is 1. The van der Waals surface area contributed by atoms with E-state index in [1.165, 1.54) is 44.5 Å². The number of hydrogen-bond donors (Lipinski definition) is 1. The Morgan fingerprint density at radius 2 is 1.56 bits per heavy atom. The van der Waals surface area contributed by atoms with Gasteiger partial charge in [0.1, 0.15) is 18.0 Å². The molecular formula is C24H23N3O6S. The molecule has 10 heteroatoms. The molecule has 0 saturated heterocycles. The van der Waals surface area contributed by atoms with E-state index >= 15 is 0 Å². The highest BCUT2D eigenvalue weighted by atomic mass is 32.2. The van der Waals surface area contributed by atoms with E-state index in [-0.39, 0.29) is 4.90 Å². The number of esters is 1. The summed E-state index contributed by atoms with van der Waals surface area (Å²) in [5.41, 5.74) is 3.31. The molecule has 0 unspecified atom stereocenters. The second kappa shape index (κ2) is 11.1. The summed E-state index contributed by atoms with van der Waals surface area (Å²) >= 11 is 0. The maximum atomic E-state index is 13.3. The van der Waals surface area contributed by atoms with Crippen LogP contribution in [0.4, 0.5) is 5.69 Å². The Balaban J connectivity index is 1.74. The first-order valence-electron chi connectivity index (χ1n) is 10.1. The Morgan fingerprint density at radius 1 is 0.941 bits per heavy atom. The van der Waals surface area contributed by atoms with E-state index < -0.39 is 28.4 Å². The Morgan fingerprint density at radius 3 is 2.15 bits per heavy atom. The van der Waals surface area contributed by atoms with E-state index in [0.717, 1.165) is 4.31 Å². The molecule has 1 N–H and O–H groups in total. The minimum absolute atomic E-state index is 0.0151. The van der Waals surface area contributed by atoms with Crippen molar-refractivity contribution in [2.45, 2.75) is 11.8 Å². The molecule has 0 radical (unpaired) electrons. The molecule has 3 aromatic carbocycles. The molecule has 0 aliphatic heterocycles. The highest BCUT2D eigenvalue weighted by molar-refractivity contribution is 7.92. The lowest BCUT2D eigenvalue weighted by Gasteiger charge is -2.23. The van der Waals surface area contributed by atoms with Crippen LogP contribution in [-0.4, -0.2) is 40.2 Å². The molecule has 0 fully saturated rings. The fourth-order valence-corrected chi connectivity index (χ4v) is 4.34. The number of hydrazone groups is 1. The molecule has 0 heterocycles. The van der Waals surface area contributed by atoms with E-state index in [0.29, 0.717) is 22.7 Å². The summed E-state index contributed by atoms with van der Waals surface area (Å²) in [4.78, 5) is 23.6. The van der Waals surface area contributed by atoms with Gasteiger partial charge in [-0.15, -0.1) is 0 Å². The number of anilines is 1. The molecule has 0 spiro atoms. The van der Waals surface area contributed by atoms with Crippen LogP contribution in [0.5, 0.6) is 11.5 Å². The average Bonchev–Trinajstić information content (AvgIpc) is 2.84. The van der Waals surface area contributed by atoms with Gasteiger partial charge in [-0.25, -0.2) is 13.8 Å². The Hall–Kier alpha value is -4.18. The molecule has 0 saturated carbocycles. The molecular weight excluding hydrogens is 458 g/mol. The first kappa shape index (κ1) is 24.5. The van der Waals surface area contributed by atoms with Gasteiger partial charge in [-0.05, 0) is 66.2 Å². The van der Waals surface area contributed by atoms with Crippen LogP contribution in [0.1, 0.15) is 12.5 Å². The van der Waals surface area contributed by atoms with E-state index in [1.807, 2.05) is 0 Å². The van der Waals surface area contributed by atoms with Gasteiger partial charge in [0.2, 0.25) is 0 Å². The van der Waals surface area contributed by atoms with Gasteiger partial charge in [0.05, 0.1) is 23.9 Å². The van der Waals surface area contributed by atoms with Crippen molar-refractivity contribution in [1.29, 1.82) is 0 Å². The summed E-state index contributed by atoms with van der Waals surface area (Å²) < 4.78 is 37.7. The smallest absolute Gasteiger partial charge is 0.308 e. The van der Waals surface area contributed by atoms with Gasteiger partial charge in [0.25, 0.3) is 15.9 Å². The van der Waals surface area contributed by atoms with Crippen molar-refractivity contribution in [3.8, 4) is 11.5 Å². The summed E-state index contributed by atoms with van der Waals surface area (Å²) in [7, 11) is -2.56. The van der Waals surface area contributed by atoms with Gasteiger partial charge < -0.3 is 9.47 Å². The predicted octanol–water partition coefficient (Wildman–Crippen LogP) is 2.97. The molecule has 34 heavy (non-hydrogen) atoms. The predicted molar refractivity (Wildman–Crippen MR) is 127 cm³/mol. The first-order chi connectivity index (χ1) is 16.3. The summed E-state index contributed by atoms with van der Waals surface area (Å²) in [6.45, 7) is 0.819. The Kier molecular flexibility index (Phi) is 7.99. The molecule has 0 atom stereocenters. The number of carbonyl (C=O) groups is 2. The SMILES string of the molecule is COc1ccc(S(=O)(=O)N(CC(=O)N/N=C\c2ccc(OC(C)=O)cc2)c2ccccc2)cc1. The molecule has 0 aromatic heterocycles. The topological polar surface area (TPSA) is 114 Å². The zero-order chi connectivity index (χ0) is 24.6. The first-order valence-corrected chi connectivity index (χ1v) is 11.6. The average molecular weight is 482 g/mol. The highest BCUT2D eigenvalue weighted by Crippen LogP contribution is 2.24. The minimum atomic E-state index is -4.04. The molecule has 0 bridgehead atoms. The number of nitrogens with zero attached hydrogens (tertiary/aromatic N) is 2. The zero-order valence-corrected chi connectivity index (χ0v) is 19.4. The number of para-hydroxylation sites is 1.